The number of rotatable bonds is 3. The van der Waals surface area contributed by atoms with E-state index in [-0.39, 0.29) is 6.42 Å². The van der Waals surface area contributed by atoms with E-state index in [1.54, 1.807) is 31.2 Å². The minimum absolute atomic E-state index is 0.251. The van der Waals surface area contributed by atoms with Crippen LogP contribution >= 0.6 is 11.6 Å². The van der Waals surface area contributed by atoms with Crippen molar-refractivity contribution < 1.29 is 9.05 Å². The Bertz CT molecular complexity index is 814. The summed E-state index contributed by atoms with van der Waals surface area (Å²) in [6, 6.07) is 9.16. The Morgan fingerprint density at radius 3 is 2.67 bits per heavy atom. The second-order valence-electron chi connectivity index (χ2n) is 4.37. The number of nitrogens with zero attached hydrogens (tertiary/aromatic N) is 4. The van der Waals surface area contributed by atoms with Gasteiger partial charge in [-0.3, -0.25) is 0 Å². The van der Waals surface area contributed by atoms with E-state index in [0.29, 0.717) is 33.8 Å². The second-order valence-corrected chi connectivity index (χ2v) is 4.80. The van der Waals surface area contributed by atoms with Crippen LogP contribution < -0.4 is 0 Å². The zero-order valence-electron chi connectivity index (χ0n) is 11.0. The van der Waals surface area contributed by atoms with Crippen LogP contribution in [0.5, 0.6) is 0 Å². The Kier molecular flexibility index (Phi) is 3.42. The van der Waals surface area contributed by atoms with Crippen molar-refractivity contribution in [2.24, 2.45) is 0 Å². The topological polar surface area (TPSA) is 88.7 Å². The van der Waals surface area contributed by atoms with E-state index in [0.717, 1.165) is 5.56 Å². The van der Waals surface area contributed by atoms with Crippen LogP contribution in [-0.4, -0.2) is 15.3 Å². The molecule has 1 aromatic carbocycles. The molecule has 6 nitrogen and oxygen atoms in total. The van der Waals surface area contributed by atoms with Gasteiger partial charge < -0.3 is 9.05 Å². The van der Waals surface area contributed by atoms with Gasteiger partial charge in [-0.05, 0) is 31.2 Å². The Balaban J connectivity index is 1.85. The molecule has 7 heteroatoms. The van der Waals surface area contributed by atoms with E-state index in [1.165, 1.54) is 0 Å². The molecule has 3 aromatic rings. The van der Waals surface area contributed by atoms with Crippen molar-refractivity contribution >= 4 is 11.6 Å². The monoisotopic (exact) mass is 300 g/mol. The SMILES string of the molecule is Cc1onc(Cc2nc(-c3ccc(Cl)cc3)no2)c1C#N. The predicted molar refractivity (Wildman–Crippen MR) is 73.5 cm³/mol. The van der Waals surface area contributed by atoms with Gasteiger partial charge in [-0.25, -0.2) is 0 Å². The Hall–Kier alpha value is -2.65. The molecular formula is C14H9ClN4O2. The molecule has 0 spiro atoms. The molecule has 0 N–H and O–H groups in total. The van der Waals surface area contributed by atoms with Gasteiger partial charge in [0.1, 0.15) is 17.3 Å². The summed E-state index contributed by atoms with van der Waals surface area (Å²) in [5.41, 5.74) is 1.69. The average Bonchev–Trinajstić information content (AvgIpc) is 3.07. The lowest BCUT2D eigenvalue weighted by molar-refractivity contribution is 0.371. The highest BCUT2D eigenvalue weighted by Gasteiger charge is 2.16. The van der Waals surface area contributed by atoms with Crippen molar-refractivity contribution in [3.05, 3.63) is 52.2 Å². The molecular weight excluding hydrogens is 292 g/mol. The molecule has 0 saturated carbocycles. The van der Waals surface area contributed by atoms with E-state index < -0.39 is 0 Å². The first-order chi connectivity index (χ1) is 10.2. The van der Waals surface area contributed by atoms with Crippen molar-refractivity contribution in [1.29, 1.82) is 5.26 Å². The lowest BCUT2D eigenvalue weighted by Gasteiger charge is -1.93. The molecule has 0 bridgehead atoms. The molecule has 0 aliphatic carbocycles. The molecule has 0 aliphatic rings. The predicted octanol–water partition coefficient (Wildman–Crippen LogP) is 3.15. The number of halogens is 1. The normalized spacial score (nSPS) is 10.5. The quantitative estimate of drug-likeness (QED) is 0.738. The maximum Gasteiger partial charge on any atom is 0.233 e. The average molecular weight is 301 g/mol. The smallest absolute Gasteiger partial charge is 0.233 e. The number of hydrogen-bond acceptors (Lipinski definition) is 6. The van der Waals surface area contributed by atoms with Gasteiger partial charge in [0.15, 0.2) is 5.76 Å². The highest BCUT2D eigenvalue weighted by molar-refractivity contribution is 6.30. The van der Waals surface area contributed by atoms with Gasteiger partial charge in [-0.2, -0.15) is 10.2 Å². The summed E-state index contributed by atoms with van der Waals surface area (Å²) in [4.78, 5) is 4.28. The number of aromatic nitrogens is 3. The fraction of sp³-hybridized carbons (Fsp3) is 0.143. The zero-order valence-corrected chi connectivity index (χ0v) is 11.8. The van der Waals surface area contributed by atoms with Gasteiger partial charge in [-0.1, -0.05) is 21.9 Å². The van der Waals surface area contributed by atoms with E-state index in [1.807, 2.05) is 6.07 Å². The van der Waals surface area contributed by atoms with Crippen LogP contribution in [0.1, 0.15) is 22.9 Å². The molecule has 2 heterocycles. The maximum atomic E-state index is 9.05. The minimum atomic E-state index is 0.251. The van der Waals surface area contributed by atoms with Crippen LogP contribution in [0.25, 0.3) is 11.4 Å². The van der Waals surface area contributed by atoms with Crippen molar-refractivity contribution in [2.45, 2.75) is 13.3 Å². The van der Waals surface area contributed by atoms with Crippen LogP contribution in [0.2, 0.25) is 5.02 Å². The molecule has 0 amide bonds. The first kappa shape index (κ1) is 13.3. The largest absolute Gasteiger partial charge is 0.360 e. The molecule has 0 radical (unpaired) electrons. The van der Waals surface area contributed by atoms with Crippen LogP contribution in [0.15, 0.2) is 33.3 Å². The molecule has 0 fully saturated rings. The van der Waals surface area contributed by atoms with E-state index in [9.17, 15) is 0 Å². The van der Waals surface area contributed by atoms with E-state index in [2.05, 4.69) is 15.3 Å². The van der Waals surface area contributed by atoms with Crippen LogP contribution in [0.3, 0.4) is 0 Å². The number of benzene rings is 1. The van der Waals surface area contributed by atoms with Crippen LogP contribution in [0.4, 0.5) is 0 Å². The second kappa shape index (κ2) is 5.38. The summed E-state index contributed by atoms with van der Waals surface area (Å²) in [7, 11) is 0. The van der Waals surface area contributed by atoms with Gasteiger partial charge in [0.2, 0.25) is 11.7 Å². The molecule has 0 unspecified atom stereocenters. The number of nitriles is 1. The summed E-state index contributed by atoms with van der Waals surface area (Å²) >= 11 is 5.83. The lowest BCUT2D eigenvalue weighted by Crippen LogP contribution is -1.92. The van der Waals surface area contributed by atoms with E-state index in [4.69, 9.17) is 25.9 Å². The summed E-state index contributed by atoms with van der Waals surface area (Å²) in [6.45, 7) is 1.68. The van der Waals surface area contributed by atoms with E-state index >= 15 is 0 Å². The number of hydrogen-bond donors (Lipinski definition) is 0. The first-order valence-electron chi connectivity index (χ1n) is 6.11. The van der Waals surface area contributed by atoms with Crippen LogP contribution in [0, 0.1) is 18.3 Å². The summed E-state index contributed by atoms with van der Waals surface area (Å²) in [5.74, 6) is 1.30. The third-order valence-corrected chi connectivity index (χ3v) is 3.19. The summed E-state index contributed by atoms with van der Waals surface area (Å²) in [5, 5.41) is 17.4. The molecule has 21 heavy (non-hydrogen) atoms. The minimum Gasteiger partial charge on any atom is -0.360 e. The van der Waals surface area contributed by atoms with Gasteiger partial charge in [-0.15, -0.1) is 0 Å². The highest BCUT2D eigenvalue weighted by Crippen LogP contribution is 2.20. The first-order valence-corrected chi connectivity index (χ1v) is 6.49. The van der Waals surface area contributed by atoms with Gasteiger partial charge in [0, 0.05) is 10.6 Å². The molecule has 0 saturated heterocycles. The summed E-state index contributed by atoms with van der Waals surface area (Å²) < 4.78 is 10.2. The highest BCUT2D eigenvalue weighted by atomic mass is 35.5. The summed E-state index contributed by atoms with van der Waals surface area (Å²) in [6.07, 6.45) is 0.251. The van der Waals surface area contributed by atoms with Gasteiger partial charge >= 0.3 is 0 Å². The fourth-order valence-electron chi connectivity index (χ4n) is 1.87. The van der Waals surface area contributed by atoms with Crippen molar-refractivity contribution in [3.63, 3.8) is 0 Å². The molecule has 0 atom stereocenters. The Morgan fingerprint density at radius 2 is 1.95 bits per heavy atom. The third-order valence-electron chi connectivity index (χ3n) is 2.93. The molecule has 104 valence electrons. The standard InChI is InChI=1S/C14H9ClN4O2/c1-8-11(7-16)12(18-20-8)6-13-17-14(19-21-13)9-2-4-10(15)5-3-9/h2-5H,6H2,1H3. The van der Waals surface area contributed by atoms with Gasteiger partial charge in [0.25, 0.3) is 0 Å². The maximum absolute atomic E-state index is 9.05. The fourth-order valence-corrected chi connectivity index (χ4v) is 1.99. The Morgan fingerprint density at radius 1 is 1.19 bits per heavy atom. The number of aryl methyl sites for hydroxylation is 1. The molecule has 3 rings (SSSR count). The Labute approximate surface area is 124 Å². The molecule has 2 aromatic heterocycles. The third kappa shape index (κ3) is 2.64. The van der Waals surface area contributed by atoms with Crippen LogP contribution in [-0.2, 0) is 6.42 Å². The molecule has 0 aliphatic heterocycles. The van der Waals surface area contributed by atoms with Crippen molar-refractivity contribution in [2.75, 3.05) is 0 Å². The zero-order chi connectivity index (χ0) is 14.8. The lowest BCUT2D eigenvalue weighted by atomic mass is 10.1. The van der Waals surface area contributed by atoms with Gasteiger partial charge in [0.05, 0.1) is 6.42 Å². The van der Waals surface area contributed by atoms with Crippen molar-refractivity contribution in [3.8, 4) is 17.5 Å². The van der Waals surface area contributed by atoms with Crippen molar-refractivity contribution in [1.82, 2.24) is 15.3 Å².